The fourth-order valence-electron chi connectivity index (χ4n) is 3.08. The largest absolute Gasteiger partial charge is 0.465 e. The van der Waals surface area contributed by atoms with Crippen LogP contribution in [-0.4, -0.2) is 48.9 Å². The Kier molecular flexibility index (Phi) is 7.38. The van der Waals surface area contributed by atoms with Crippen LogP contribution in [0.5, 0.6) is 0 Å². The lowest BCUT2D eigenvalue weighted by Crippen LogP contribution is -2.31. The quantitative estimate of drug-likeness (QED) is 0.518. The van der Waals surface area contributed by atoms with Crippen LogP contribution in [0.15, 0.2) is 24.3 Å². The molecule has 0 saturated heterocycles. The third-order valence-electron chi connectivity index (χ3n) is 4.88. The Hall–Kier alpha value is -3.42. The van der Waals surface area contributed by atoms with E-state index in [0.29, 0.717) is 16.8 Å². The molecule has 2 N–H and O–H groups in total. The van der Waals surface area contributed by atoms with Gasteiger partial charge in [0.25, 0.3) is 5.91 Å². The Morgan fingerprint density at radius 2 is 1.65 bits per heavy atom. The van der Waals surface area contributed by atoms with Gasteiger partial charge in [0.2, 0.25) is 5.78 Å². The Labute approximate surface area is 181 Å². The van der Waals surface area contributed by atoms with E-state index in [4.69, 9.17) is 9.47 Å². The zero-order valence-corrected chi connectivity index (χ0v) is 18.7. The number of H-pyrrole nitrogens is 1. The number of benzene rings is 1. The van der Waals surface area contributed by atoms with E-state index >= 15 is 0 Å². The molecule has 0 aliphatic carbocycles. The van der Waals surface area contributed by atoms with Crippen molar-refractivity contribution in [1.82, 2.24) is 10.3 Å². The van der Waals surface area contributed by atoms with Crippen molar-refractivity contribution in [3.63, 3.8) is 0 Å². The second-order valence-corrected chi connectivity index (χ2v) is 8.21. The molecule has 166 valence electrons. The number of hydrogen-bond acceptors (Lipinski definition) is 6. The summed E-state index contributed by atoms with van der Waals surface area (Å²) in [5.41, 5.74) is 2.85. The van der Waals surface area contributed by atoms with Gasteiger partial charge in [-0.2, -0.15) is 0 Å². The van der Waals surface area contributed by atoms with E-state index in [-0.39, 0.29) is 23.2 Å². The normalized spacial score (nSPS) is 11.0. The number of ether oxygens (including phenoxy) is 2. The van der Waals surface area contributed by atoms with E-state index in [1.54, 1.807) is 26.0 Å². The third kappa shape index (κ3) is 5.81. The summed E-state index contributed by atoms with van der Waals surface area (Å²) in [5, 5.41) is 2.47. The predicted molar refractivity (Wildman–Crippen MR) is 114 cm³/mol. The molecule has 1 heterocycles. The summed E-state index contributed by atoms with van der Waals surface area (Å²) in [7, 11) is 1.25. The van der Waals surface area contributed by atoms with Crippen LogP contribution >= 0.6 is 0 Å². The first-order valence-corrected chi connectivity index (χ1v) is 9.80. The molecule has 2 aromatic rings. The fraction of sp³-hybridized carbons (Fsp3) is 0.391. The molecule has 0 atom stereocenters. The molecule has 0 fully saturated rings. The SMILES string of the molecule is COC(=O)c1c(C)[nH]c(C(=O)COC(=O)CNC(=O)c2ccc(C(C)(C)C)cc2)c1C. The molecule has 2 rings (SSSR count). The van der Waals surface area contributed by atoms with E-state index < -0.39 is 30.2 Å². The van der Waals surface area contributed by atoms with Crippen molar-refractivity contribution in [3.05, 3.63) is 57.9 Å². The first-order chi connectivity index (χ1) is 14.5. The first-order valence-electron chi connectivity index (χ1n) is 9.80. The highest BCUT2D eigenvalue weighted by Gasteiger charge is 2.23. The fourth-order valence-corrected chi connectivity index (χ4v) is 3.08. The third-order valence-corrected chi connectivity index (χ3v) is 4.88. The summed E-state index contributed by atoms with van der Waals surface area (Å²) < 4.78 is 9.67. The number of esters is 2. The van der Waals surface area contributed by atoms with Gasteiger partial charge in [-0.3, -0.25) is 14.4 Å². The maximum absolute atomic E-state index is 12.4. The summed E-state index contributed by atoms with van der Waals surface area (Å²) in [6.07, 6.45) is 0. The number of aromatic amines is 1. The summed E-state index contributed by atoms with van der Waals surface area (Å²) >= 11 is 0. The second kappa shape index (κ2) is 9.59. The van der Waals surface area contributed by atoms with E-state index in [1.165, 1.54) is 7.11 Å². The molecule has 1 amide bonds. The van der Waals surface area contributed by atoms with Crippen molar-refractivity contribution >= 4 is 23.6 Å². The molecule has 8 heteroatoms. The van der Waals surface area contributed by atoms with Crippen LogP contribution in [-0.2, 0) is 19.7 Å². The van der Waals surface area contributed by atoms with Crippen LogP contribution in [0.1, 0.15) is 68.8 Å². The molecule has 0 bridgehead atoms. The smallest absolute Gasteiger partial charge is 0.339 e. The van der Waals surface area contributed by atoms with Crippen molar-refractivity contribution in [2.45, 2.75) is 40.0 Å². The molecule has 31 heavy (non-hydrogen) atoms. The first kappa shape index (κ1) is 23.9. The zero-order valence-electron chi connectivity index (χ0n) is 18.7. The van der Waals surface area contributed by atoms with Crippen LogP contribution in [0.25, 0.3) is 0 Å². The van der Waals surface area contributed by atoms with Gasteiger partial charge in [-0.25, -0.2) is 4.79 Å². The molecular formula is C23H28N2O6. The molecular weight excluding hydrogens is 400 g/mol. The van der Waals surface area contributed by atoms with Crippen molar-refractivity contribution in [2.24, 2.45) is 0 Å². The number of carbonyl (C=O) groups is 4. The summed E-state index contributed by atoms with van der Waals surface area (Å²) in [5.74, 6) is -2.21. The minimum absolute atomic E-state index is 0.0288. The van der Waals surface area contributed by atoms with Gasteiger partial charge in [0, 0.05) is 11.3 Å². The van der Waals surface area contributed by atoms with Gasteiger partial charge in [0.05, 0.1) is 18.4 Å². The van der Waals surface area contributed by atoms with Gasteiger partial charge < -0.3 is 19.8 Å². The second-order valence-electron chi connectivity index (χ2n) is 8.21. The van der Waals surface area contributed by atoms with Crippen molar-refractivity contribution in [2.75, 3.05) is 20.3 Å². The number of hydrogen-bond donors (Lipinski definition) is 2. The predicted octanol–water partition coefficient (Wildman–Crippen LogP) is 2.87. The minimum atomic E-state index is -0.748. The number of nitrogens with one attached hydrogen (secondary N) is 2. The van der Waals surface area contributed by atoms with E-state index in [1.807, 2.05) is 12.1 Å². The Bertz CT molecular complexity index is 996. The summed E-state index contributed by atoms with van der Waals surface area (Å²) in [6.45, 7) is 8.59. The molecule has 0 radical (unpaired) electrons. The van der Waals surface area contributed by atoms with Crippen molar-refractivity contribution < 1.29 is 28.7 Å². The number of rotatable bonds is 7. The standard InChI is InChI=1S/C23H28N2O6/c1-13-19(22(29)30-6)14(2)25-20(13)17(26)12-31-18(27)11-24-21(28)15-7-9-16(10-8-15)23(3,4)5/h7-10,25H,11-12H2,1-6H3,(H,24,28). The lowest BCUT2D eigenvalue weighted by molar-refractivity contribution is -0.141. The number of aromatic nitrogens is 1. The topological polar surface area (TPSA) is 115 Å². The highest BCUT2D eigenvalue weighted by molar-refractivity contribution is 6.02. The molecule has 0 saturated carbocycles. The monoisotopic (exact) mass is 428 g/mol. The van der Waals surface area contributed by atoms with Gasteiger partial charge in [0.1, 0.15) is 6.54 Å². The average Bonchev–Trinajstić information content (AvgIpc) is 3.03. The van der Waals surface area contributed by atoms with Crippen LogP contribution in [0.4, 0.5) is 0 Å². The van der Waals surface area contributed by atoms with E-state index in [2.05, 4.69) is 31.1 Å². The molecule has 8 nitrogen and oxygen atoms in total. The van der Waals surface area contributed by atoms with Gasteiger partial charge in [-0.15, -0.1) is 0 Å². The number of ketones is 1. The Balaban J connectivity index is 1.89. The number of Topliss-reactive ketones (excluding diaryl/α,β-unsaturated/α-hetero) is 1. The number of carbonyl (C=O) groups excluding carboxylic acids is 4. The molecule has 0 spiro atoms. The lowest BCUT2D eigenvalue weighted by atomic mass is 9.87. The van der Waals surface area contributed by atoms with Crippen LogP contribution in [0.2, 0.25) is 0 Å². The Morgan fingerprint density at radius 1 is 1.03 bits per heavy atom. The van der Waals surface area contributed by atoms with Gasteiger partial charge >= 0.3 is 11.9 Å². The maximum Gasteiger partial charge on any atom is 0.339 e. The van der Waals surface area contributed by atoms with Crippen LogP contribution in [0, 0.1) is 13.8 Å². The zero-order chi connectivity index (χ0) is 23.3. The van der Waals surface area contributed by atoms with Crippen molar-refractivity contribution in [1.29, 1.82) is 0 Å². The highest BCUT2D eigenvalue weighted by Crippen LogP contribution is 2.22. The lowest BCUT2D eigenvalue weighted by Gasteiger charge is -2.19. The van der Waals surface area contributed by atoms with Gasteiger partial charge in [-0.1, -0.05) is 32.9 Å². The molecule has 1 aromatic carbocycles. The molecule has 0 aliphatic heterocycles. The van der Waals surface area contributed by atoms with Gasteiger partial charge in [0.15, 0.2) is 6.61 Å². The Morgan fingerprint density at radius 3 is 2.19 bits per heavy atom. The summed E-state index contributed by atoms with van der Waals surface area (Å²) in [6, 6.07) is 7.13. The van der Waals surface area contributed by atoms with Crippen molar-refractivity contribution in [3.8, 4) is 0 Å². The van der Waals surface area contributed by atoms with Gasteiger partial charge in [-0.05, 0) is 42.5 Å². The van der Waals surface area contributed by atoms with E-state index in [0.717, 1.165) is 5.56 Å². The number of aryl methyl sites for hydroxylation is 1. The molecule has 1 aromatic heterocycles. The molecule has 0 unspecified atom stereocenters. The highest BCUT2D eigenvalue weighted by atomic mass is 16.5. The summed E-state index contributed by atoms with van der Waals surface area (Å²) in [4.78, 5) is 51.2. The van der Waals surface area contributed by atoms with E-state index in [9.17, 15) is 19.2 Å². The average molecular weight is 428 g/mol. The number of amides is 1. The maximum atomic E-state index is 12.4. The van der Waals surface area contributed by atoms with Crippen LogP contribution in [0.3, 0.4) is 0 Å². The van der Waals surface area contributed by atoms with Crippen LogP contribution < -0.4 is 5.32 Å². The molecule has 0 aliphatic rings. The number of methoxy groups -OCH3 is 1. The minimum Gasteiger partial charge on any atom is -0.465 e.